The largest absolute Gasteiger partial charge is 0.309 e. The molecule has 0 aromatic heterocycles. The van der Waals surface area contributed by atoms with Crippen LogP contribution < -0.4 is 5.32 Å². The molecular weight excluding hydrogens is 195 g/mol. The Morgan fingerprint density at radius 3 is 1.88 bits per heavy atom. The minimum atomic E-state index is -1.83. The highest BCUT2D eigenvalue weighted by molar-refractivity contribution is 7.80. The van der Waals surface area contributed by atoms with Gasteiger partial charge in [0.2, 0.25) is 0 Å². The molecule has 0 heterocycles. The maximum atomic E-state index is 11.6. The Kier molecular flexibility index (Phi) is 3.27. The van der Waals surface area contributed by atoms with E-state index in [0.29, 0.717) is 0 Å². The number of halogens is 4. The molecule has 0 bridgehead atoms. The minimum absolute atomic E-state index is 1.04. The number of alkyl halides is 3. The van der Waals surface area contributed by atoms with Crippen LogP contribution in [0.5, 0.6) is 0 Å². The molecule has 0 radical (unpaired) electrons. The SMILES string of the molecule is FC(=S)NC(Cl)(Cl)Cl. The third-order valence-electron chi connectivity index (χ3n) is 0.240. The lowest BCUT2D eigenvalue weighted by Gasteiger charge is -2.09. The summed E-state index contributed by atoms with van der Waals surface area (Å²) in [5.41, 5.74) is 0. The fourth-order valence-electron chi connectivity index (χ4n) is 0.111. The normalized spacial score (nSPS) is 11.0. The van der Waals surface area contributed by atoms with Crippen LogP contribution in [-0.2, 0) is 0 Å². The summed E-state index contributed by atoms with van der Waals surface area (Å²) in [6, 6.07) is 0. The molecule has 0 aliphatic heterocycles. The quantitative estimate of drug-likeness (QED) is 0.276. The number of nitrogens with one attached hydrogen (secondary N) is 1. The third-order valence-corrected chi connectivity index (χ3v) is 0.626. The van der Waals surface area contributed by atoms with Crippen LogP contribution in [0.1, 0.15) is 0 Å². The van der Waals surface area contributed by atoms with E-state index in [1.54, 1.807) is 5.32 Å². The highest BCUT2D eigenvalue weighted by atomic mass is 35.6. The van der Waals surface area contributed by atoms with E-state index in [1.807, 2.05) is 0 Å². The molecule has 1 N–H and O–H groups in total. The monoisotopic (exact) mass is 195 g/mol. The highest BCUT2D eigenvalue weighted by Gasteiger charge is 2.19. The Balaban J connectivity index is 3.55. The van der Waals surface area contributed by atoms with E-state index >= 15 is 0 Å². The average Bonchev–Trinajstić information content (AvgIpc) is 1.21. The zero-order valence-electron chi connectivity index (χ0n) is 3.42. The molecule has 6 heteroatoms. The van der Waals surface area contributed by atoms with E-state index < -0.39 is 9.16 Å². The van der Waals surface area contributed by atoms with Gasteiger partial charge in [0.1, 0.15) is 0 Å². The van der Waals surface area contributed by atoms with Crippen LogP contribution in [0.25, 0.3) is 0 Å². The van der Waals surface area contributed by atoms with E-state index in [2.05, 4.69) is 12.2 Å². The maximum Gasteiger partial charge on any atom is 0.268 e. The molecule has 0 unspecified atom stereocenters. The Morgan fingerprint density at radius 1 is 1.50 bits per heavy atom. The van der Waals surface area contributed by atoms with Crippen molar-refractivity contribution in [2.24, 2.45) is 0 Å². The first kappa shape index (κ1) is 8.69. The Morgan fingerprint density at radius 2 is 1.88 bits per heavy atom. The lowest BCUT2D eigenvalue weighted by Crippen LogP contribution is -2.30. The van der Waals surface area contributed by atoms with Crippen LogP contribution in [0.15, 0.2) is 0 Å². The van der Waals surface area contributed by atoms with Gasteiger partial charge >= 0.3 is 0 Å². The molecule has 8 heavy (non-hydrogen) atoms. The Labute approximate surface area is 66.1 Å². The third kappa shape index (κ3) is 6.69. The summed E-state index contributed by atoms with van der Waals surface area (Å²) in [6.45, 7) is 0. The van der Waals surface area contributed by atoms with Gasteiger partial charge in [-0.25, -0.2) is 0 Å². The summed E-state index contributed by atoms with van der Waals surface area (Å²) in [6.07, 6.45) is 0. The van der Waals surface area contributed by atoms with Crippen LogP contribution >= 0.6 is 47.0 Å². The number of rotatable bonds is 0. The highest BCUT2D eigenvalue weighted by Crippen LogP contribution is 2.21. The van der Waals surface area contributed by atoms with Gasteiger partial charge in [-0.3, -0.25) is 0 Å². The van der Waals surface area contributed by atoms with Crippen LogP contribution in [-0.4, -0.2) is 9.16 Å². The van der Waals surface area contributed by atoms with Crippen LogP contribution in [0, 0.1) is 0 Å². The lowest BCUT2D eigenvalue weighted by atomic mass is 11.2. The lowest BCUT2D eigenvalue weighted by molar-refractivity contribution is 0.748. The molecule has 0 fully saturated rings. The first-order chi connectivity index (χ1) is 3.42. The standard InChI is InChI=1S/C2HCl3FNS/c3-2(4,5)7-1(6)8/h(H,7,8). The average molecular weight is 196 g/mol. The minimum Gasteiger partial charge on any atom is -0.309 e. The van der Waals surface area contributed by atoms with Crippen molar-refractivity contribution in [2.45, 2.75) is 3.92 Å². The van der Waals surface area contributed by atoms with Gasteiger partial charge in [0.15, 0.2) is 0 Å². The summed E-state index contributed by atoms with van der Waals surface area (Å²) in [4.78, 5) is 0. The van der Waals surface area contributed by atoms with Crippen molar-refractivity contribution in [3.05, 3.63) is 0 Å². The summed E-state index contributed by atoms with van der Waals surface area (Å²) < 4.78 is 9.74. The molecule has 0 aliphatic rings. The van der Waals surface area contributed by atoms with E-state index in [4.69, 9.17) is 34.8 Å². The van der Waals surface area contributed by atoms with E-state index in [9.17, 15) is 4.39 Å². The van der Waals surface area contributed by atoms with Gasteiger partial charge in [-0.2, -0.15) is 4.39 Å². The van der Waals surface area contributed by atoms with Crippen LogP contribution in [0.4, 0.5) is 4.39 Å². The Bertz CT molecular complexity index is 99.9. The van der Waals surface area contributed by atoms with Crippen molar-refractivity contribution in [1.29, 1.82) is 0 Å². The summed E-state index contributed by atoms with van der Waals surface area (Å²) in [5.74, 6) is 0. The maximum absolute atomic E-state index is 11.6. The fourth-order valence-corrected chi connectivity index (χ4v) is 0.681. The van der Waals surface area contributed by atoms with Gasteiger partial charge < -0.3 is 5.32 Å². The second-order valence-electron chi connectivity index (χ2n) is 0.896. The zero-order chi connectivity index (χ0) is 6.78. The summed E-state index contributed by atoms with van der Waals surface area (Å²) >= 11 is 19.0. The van der Waals surface area contributed by atoms with E-state index in [0.717, 1.165) is 0 Å². The van der Waals surface area contributed by atoms with E-state index in [1.165, 1.54) is 0 Å². The molecule has 0 saturated carbocycles. The van der Waals surface area contributed by atoms with Crippen molar-refractivity contribution in [2.75, 3.05) is 0 Å². The second-order valence-corrected chi connectivity index (χ2v) is 3.54. The van der Waals surface area contributed by atoms with Gasteiger partial charge in [-0.15, -0.1) is 0 Å². The van der Waals surface area contributed by atoms with Gasteiger partial charge in [0.05, 0.1) is 0 Å². The number of hydrogen-bond acceptors (Lipinski definition) is 1. The topological polar surface area (TPSA) is 12.0 Å². The van der Waals surface area contributed by atoms with Crippen LogP contribution in [0.3, 0.4) is 0 Å². The van der Waals surface area contributed by atoms with E-state index in [-0.39, 0.29) is 0 Å². The first-order valence-corrected chi connectivity index (χ1v) is 3.00. The number of thiocarbonyl (C=S) groups is 1. The molecule has 0 aromatic carbocycles. The van der Waals surface area contributed by atoms with Gasteiger partial charge in [-0.05, 0) is 12.2 Å². The summed E-state index contributed by atoms with van der Waals surface area (Å²) in [5, 5.41) is 0.706. The Hall–Kier alpha value is 0.690. The smallest absolute Gasteiger partial charge is 0.268 e. The predicted octanol–water partition coefficient (Wildman–Crippen LogP) is 2.16. The molecular formula is C2HCl3FNS. The molecule has 0 rings (SSSR count). The van der Waals surface area contributed by atoms with Crippen molar-refractivity contribution in [1.82, 2.24) is 5.32 Å². The molecule has 1 nitrogen and oxygen atoms in total. The summed E-state index contributed by atoms with van der Waals surface area (Å²) in [7, 11) is 0. The van der Waals surface area contributed by atoms with Crippen molar-refractivity contribution in [3.8, 4) is 0 Å². The molecule has 0 spiro atoms. The van der Waals surface area contributed by atoms with Crippen molar-refractivity contribution in [3.63, 3.8) is 0 Å². The molecule has 0 saturated heterocycles. The molecule has 0 amide bonds. The van der Waals surface area contributed by atoms with Gasteiger partial charge in [-0.1, -0.05) is 34.8 Å². The predicted molar refractivity (Wildman–Crippen MR) is 37.1 cm³/mol. The zero-order valence-corrected chi connectivity index (χ0v) is 6.50. The van der Waals surface area contributed by atoms with Gasteiger partial charge in [0, 0.05) is 0 Å². The number of hydrogen-bond donors (Lipinski definition) is 1. The van der Waals surface area contributed by atoms with Crippen molar-refractivity contribution >= 4 is 52.3 Å². The second kappa shape index (κ2) is 3.01. The van der Waals surface area contributed by atoms with Crippen molar-refractivity contribution < 1.29 is 4.39 Å². The van der Waals surface area contributed by atoms with Crippen LogP contribution in [0.2, 0.25) is 0 Å². The van der Waals surface area contributed by atoms with Gasteiger partial charge in [0.25, 0.3) is 9.16 Å². The molecule has 0 atom stereocenters. The molecule has 0 aliphatic carbocycles. The fraction of sp³-hybridized carbons (Fsp3) is 0.500. The first-order valence-electron chi connectivity index (χ1n) is 1.46. The molecule has 0 aromatic rings. The molecule has 48 valence electrons.